The van der Waals surface area contributed by atoms with Gasteiger partial charge < -0.3 is 9.80 Å². The van der Waals surface area contributed by atoms with Crippen molar-refractivity contribution in [3.8, 4) is 6.07 Å². The summed E-state index contributed by atoms with van der Waals surface area (Å²) in [4.78, 5) is 9.20. The molecule has 2 aliphatic rings. The van der Waals surface area contributed by atoms with Crippen LogP contribution in [-0.2, 0) is 0 Å². The first-order chi connectivity index (χ1) is 8.86. The first-order valence-electron chi connectivity index (χ1n) is 6.71. The summed E-state index contributed by atoms with van der Waals surface area (Å²) in [6.07, 6.45) is 7.30. The van der Waals surface area contributed by atoms with Gasteiger partial charge in [-0.25, -0.2) is 0 Å². The van der Waals surface area contributed by atoms with Crippen molar-refractivity contribution < 1.29 is 0 Å². The lowest BCUT2D eigenvalue weighted by Crippen LogP contribution is -2.39. The second-order valence-corrected chi connectivity index (χ2v) is 5.16. The minimum Gasteiger partial charge on any atom is -0.366 e. The molecule has 0 spiro atoms. The monoisotopic (exact) mass is 242 g/mol. The van der Waals surface area contributed by atoms with E-state index >= 15 is 0 Å². The molecule has 1 aromatic heterocycles. The topological polar surface area (TPSA) is 43.2 Å². The molecule has 4 nitrogen and oxygen atoms in total. The van der Waals surface area contributed by atoms with Crippen LogP contribution in [0.15, 0.2) is 18.5 Å². The fourth-order valence-electron chi connectivity index (χ4n) is 3.09. The summed E-state index contributed by atoms with van der Waals surface area (Å²) in [6.45, 7) is 4.65. The van der Waals surface area contributed by atoms with Crippen molar-refractivity contribution >= 4 is 5.69 Å². The van der Waals surface area contributed by atoms with Crippen LogP contribution in [0.5, 0.6) is 0 Å². The number of nitriles is 1. The van der Waals surface area contributed by atoms with Gasteiger partial charge in [0.1, 0.15) is 6.07 Å². The van der Waals surface area contributed by atoms with E-state index in [1.807, 2.05) is 12.3 Å². The van der Waals surface area contributed by atoms with Gasteiger partial charge in [0.25, 0.3) is 0 Å². The first-order valence-corrected chi connectivity index (χ1v) is 6.71. The van der Waals surface area contributed by atoms with Crippen LogP contribution < -0.4 is 4.90 Å². The fraction of sp³-hybridized carbons (Fsp3) is 0.571. The van der Waals surface area contributed by atoms with Crippen LogP contribution in [0.2, 0.25) is 0 Å². The molecular weight excluding hydrogens is 224 g/mol. The van der Waals surface area contributed by atoms with E-state index in [-0.39, 0.29) is 0 Å². The van der Waals surface area contributed by atoms with Crippen molar-refractivity contribution in [1.82, 2.24) is 9.88 Å². The maximum Gasteiger partial charge on any atom is 0.101 e. The highest BCUT2D eigenvalue weighted by Gasteiger charge is 2.27. The number of aromatic nitrogens is 1. The Morgan fingerprint density at radius 1 is 1.17 bits per heavy atom. The standard InChI is InChI=1S/C14H18N4/c15-9-12-8-14(11-16-10-12)18-7-6-17-4-1-2-13(18)3-5-17/h8,10-11,13H,1-7H2. The van der Waals surface area contributed by atoms with Crippen molar-refractivity contribution in [1.29, 1.82) is 5.26 Å². The van der Waals surface area contributed by atoms with Gasteiger partial charge in [0, 0.05) is 31.9 Å². The Hall–Kier alpha value is -1.60. The zero-order chi connectivity index (χ0) is 12.4. The number of pyridine rings is 1. The second-order valence-electron chi connectivity index (χ2n) is 5.16. The average molecular weight is 242 g/mol. The van der Waals surface area contributed by atoms with E-state index in [4.69, 9.17) is 5.26 Å². The summed E-state index contributed by atoms with van der Waals surface area (Å²) < 4.78 is 0. The Morgan fingerprint density at radius 3 is 3.00 bits per heavy atom. The predicted molar refractivity (Wildman–Crippen MR) is 70.4 cm³/mol. The van der Waals surface area contributed by atoms with Crippen molar-refractivity contribution in [2.24, 2.45) is 0 Å². The SMILES string of the molecule is N#Cc1cncc(N2CCN3CCCC2CC3)c1. The molecule has 0 aliphatic carbocycles. The molecule has 2 unspecified atom stereocenters. The van der Waals surface area contributed by atoms with E-state index in [9.17, 15) is 0 Å². The van der Waals surface area contributed by atoms with Gasteiger partial charge in [-0.3, -0.25) is 4.98 Å². The van der Waals surface area contributed by atoms with Crippen molar-refractivity contribution in [2.75, 3.05) is 31.1 Å². The molecule has 0 aromatic carbocycles. The lowest BCUT2D eigenvalue weighted by molar-refractivity contribution is 0.298. The van der Waals surface area contributed by atoms with Gasteiger partial charge in [-0.05, 0) is 31.9 Å². The predicted octanol–water partition coefficient (Wildman–Crippen LogP) is 1.63. The Bertz CT molecular complexity index is 465. The third-order valence-corrected chi connectivity index (χ3v) is 4.07. The molecule has 2 atom stereocenters. The largest absolute Gasteiger partial charge is 0.366 e. The molecule has 0 radical (unpaired) electrons. The van der Waals surface area contributed by atoms with E-state index in [2.05, 4.69) is 20.9 Å². The molecular formula is C14H18N4. The number of hydrogen-bond donors (Lipinski definition) is 0. The molecule has 3 rings (SSSR count). The molecule has 0 amide bonds. The normalized spacial score (nSPS) is 27.4. The highest BCUT2D eigenvalue weighted by atomic mass is 15.2. The second kappa shape index (κ2) is 4.95. The Kier molecular flexibility index (Phi) is 3.16. The van der Waals surface area contributed by atoms with Crippen LogP contribution in [0.25, 0.3) is 0 Å². The van der Waals surface area contributed by atoms with E-state index < -0.39 is 0 Å². The lowest BCUT2D eigenvalue weighted by atomic mass is 10.1. The third-order valence-electron chi connectivity index (χ3n) is 4.07. The molecule has 2 aliphatic heterocycles. The van der Waals surface area contributed by atoms with Gasteiger partial charge in [-0.2, -0.15) is 5.26 Å². The first kappa shape index (κ1) is 11.5. The van der Waals surface area contributed by atoms with Crippen LogP contribution >= 0.6 is 0 Å². The Balaban J connectivity index is 1.88. The molecule has 1 aromatic rings. The molecule has 4 heteroatoms. The number of anilines is 1. The van der Waals surface area contributed by atoms with Crippen LogP contribution in [0.3, 0.4) is 0 Å². The summed E-state index contributed by atoms with van der Waals surface area (Å²) in [5.41, 5.74) is 1.77. The maximum absolute atomic E-state index is 8.98. The lowest BCUT2D eigenvalue weighted by Gasteiger charge is -2.33. The molecule has 2 saturated heterocycles. The Labute approximate surface area is 108 Å². The molecule has 2 bridgehead atoms. The maximum atomic E-state index is 8.98. The molecule has 3 heterocycles. The van der Waals surface area contributed by atoms with Crippen LogP contribution in [0.4, 0.5) is 5.69 Å². The number of nitrogens with zero attached hydrogens (tertiary/aromatic N) is 4. The number of hydrogen-bond acceptors (Lipinski definition) is 4. The summed E-state index contributed by atoms with van der Waals surface area (Å²) in [5, 5.41) is 8.98. The zero-order valence-corrected chi connectivity index (χ0v) is 10.5. The van der Waals surface area contributed by atoms with E-state index in [1.165, 1.54) is 32.4 Å². The van der Waals surface area contributed by atoms with Crippen molar-refractivity contribution in [2.45, 2.75) is 25.3 Å². The summed E-state index contributed by atoms with van der Waals surface area (Å²) in [5.74, 6) is 0. The number of rotatable bonds is 1. The minimum absolute atomic E-state index is 0.619. The highest BCUT2D eigenvalue weighted by Crippen LogP contribution is 2.26. The van der Waals surface area contributed by atoms with Gasteiger partial charge in [-0.1, -0.05) is 0 Å². The van der Waals surface area contributed by atoms with Gasteiger partial charge in [0.05, 0.1) is 17.4 Å². The van der Waals surface area contributed by atoms with E-state index in [1.54, 1.807) is 6.20 Å². The van der Waals surface area contributed by atoms with Gasteiger partial charge in [-0.15, -0.1) is 0 Å². The van der Waals surface area contributed by atoms with Crippen molar-refractivity contribution in [3.05, 3.63) is 24.0 Å². The molecule has 94 valence electrons. The molecule has 18 heavy (non-hydrogen) atoms. The smallest absolute Gasteiger partial charge is 0.101 e. The highest BCUT2D eigenvalue weighted by molar-refractivity contribution is 5.50. The van der Waals surface area contributed by atoms with Gasteiger partial charge >= 0.3 is 0 Å². The fourth-order valence-corrected chi connectivity index (χ4v) is 3.09. The van der Waals surface area contributed by atoms with Gasteiger partial charge in [0.15, 0.2) is 0 Å². The molecule has 0 N–H and O–H groups in total. The summed E-state index contributed by atoms with van der Waals surface area (Å²) in [6, 6.07) is 4.77. The summed E-state index contributed by atoms with van der Waals surface area (Å²) in [7, 11) is 0. The quantitative estimate of drug-likeness (QED) is 0.750. The van der Waals surface area contributed by atoms with Crippen LogP contribution in [-0.4, -0.2) is 42.1 Å². The zero-order valence-electron chi connectivity index (χ0n) is 10.5. The molecule has 2 fully saturated rings. The van der Waals surface area contributed by atoms with E-state index in [0.29, 0.717) is 11.6 Å². The van der Waals surface area contributed by atoms with E-state index in [0.717, 1.165) is 18.8 Å². The van der Waals surface area contributed by atoms with Crippen LogP contribution in [0, 0.1) is 11.3 Å². The Morgan fingerprint density at radius 2 is 2.11 bits per heavy atom. The third kappa shape index (κ3) is 2.19. The van der Waals surface area contributed by atoms with Crippen molar-refractivity contribution in [3.63, 3.8) is 0 Å². The number of fused-ring (bicyclic) bond motifs is 3. The molecule has 0 saturated carbocycles. The average Bonchev–Trinajstić information content (AvgIpc) is 2.74. The minimum atomic E-state index is 0.619. The summed E-state index contributed by atoms with van der Waals surface area (Å²) >= 11 is 0. The van der Waals surface area contributed by atoms with Gasteiger partial charge in [0.2, 0.25) is 0 Å². The van der Waals surface area contributed by atoms with Crippen LogP contribution in [0.1, 0.15) is 24.8 Å².